The molecule has 2 aromatic rings. The number of rotatable bonds is 5. The first-order valence-electron chi connectivity index (χ1n) is 13.5. The Morgan fingerprint density at radius 2 is 1.73 bits per heavy atom. The lowest BCUT2D eigenvalue weighted by atomic mass is 9.90. The van der Waals surface area contributed by atoms with Crippen LogP contribution in [-0.4, -0.2) is 93.9 Å². The molecule has 3 aliphatic heterocycles. The maximum absolute atomic E-state index is 13.6. The van der Waals surface area contributed by atoms with Gasteiger partial charge in [0.2, 0.25) is 5.75 Å². The van der Waals surface area contributed by atoms with Crippen molar-refractivity contribution in [1.29, 1.82) is 0 Å². The smallest absolute Gasteiger partial charge is 0.344 e. The Labute approximate surface area is 234 Å². The van der Waals surface area contributed by atoms with E-state index in [2.05, 4.69) is 4.90 Å². The van der Waals surface area contributed by atoms with E-state index in [9.17, 15) is 24.6 Å². The van der Waals surface area contributed by atoms with Gasteiger partial charge in [0.15, 0.2) is 23.7 Å². The highest BCUT2D eigenvalue weighted by Crippen LogP contribution is 2.43. The van der Waals surface area contributed by atoms with Crippen molar-refractivity contribution >= 4 is 29.2 Å². The number of amides is 1. The first-order chi connectivity index (χ1) is 19.3. The molecule has 0 radical (unpaired) electrons. The number of nitrogens with zero attached hydrogens (tertiary/aromatic N) is 3. The first-order valence-corrected chi connectivity index (χ1v) is 14.3. The number of carbonyl (C=O) groups excluding carboxylic acids is 3. The number of aromatic nitrogens is 1. The molecule has 1 amide bonds. The number of hydrogen-bond donors (Lipinski definition) is 2. The second kappa shape index (κ2) is 11.0. The summed E-state index contributed by atoms with van der Waals surface area (Å²) < 4.78 is 21.9. The molecule has 1 aromatic carbocycles. The number of ether oxygens (including phenoxy) is 4. The van der Waals surface area contributed by atoms with Crippen LogP contribution in [0.15, 0.2) is 12.1 Å². The van der Waals surface area contributed by atoms with Crippen LogP contribution in [0.25, 0.3) is 0 Å². The number of piperidine rings is 1. The van der Waals surface area contributed by atoms with Crippen LogP contribution in [0.1, 0.15) is 53.0 Å². The van der Waals surface area contributed by atoms with Gasteiger partial charge in [0, 0.05) is 32.1 Å². The second-order valence-corrected chi connectivity index (χ2v) is 11.5. The topological polar surface area (TPSA) is 148 Å². The van der Waals surface area contributed by atoms with E-state index < -0.39 is 30.1 Å². The summed E-state index contributed by atoms with van der Waals surface area (Å²) >= 11 is 1.43. The van der Waals surface area contributed by atoms with Crippen LogP contribution in [0.3, 0.4) is 0 Å². The molecule has 12 nitrogen and oxygen atoms in total. The van der Waals surface area contributed by atoms with E-state index in [0.717, 1.165) is 42.5 Å². The molecule has 1 saturated heterocycles. The zero-order valence-corrected chi connectivity index (χ0v) is 22.9. The molecule has 0 bridgehead atoms. The SMILES string of the molecule is COc1ccc(C(=O)N2CCc3nc(OC4CCN(C5CCC5)CC4)sc3C2)c2c1OC(=O)C(O)C(O)C(=O)O2. The van der Waals surface area contributed by atoms with Crippen molar-refractivity contribution in [2.45, 2.75) is 69.4 Å². The van der Waals surface area contributed by atoms with E-state index >= 15 is 0 Å². The molecule has 0 spiro atoms. The number of fused-ring (bicyclic) bond motifs is 2. The van der Waals surface area contributed by atoms with Crippen LogP contribution in [-0.2, 0) is 22.6 Å². The van der Waals surface area contributed by atoms with Gasteiger partial charge in [-0.3, -0.25) is 4.79 Å². The lowest BCUT2D eigenvalue weighted by molar-refractivity contribution is -0.164. The molecular formula is C27H31N3O9S. The Bertz CT molecular complexity index is 1320. The summed E-state index contributed by atoms with van der Waals surface area (Å²) in [4.78, 5) is 48.1. The highest BCUT2D eigenvalue weighted by atomic mass is 32.1. The van der Waals surface area contributed by atoms with E-state index in [1.807, 2.05) is 0 Å². The van der Waals surface area contributed by atoms with Crippen molar-refractivity contribution in [3.8, 4) is 22.4 Å². The average Bonchev–Trinajstić information content (AvgIpc) is 3.33. The van der Waals surface area contributed by atoms with Crippen LogP contribution in [0.5, 0.6) is 22.4 Å². The molecule has 2 fully saturated rings. The third-order valence-corrected chi connectivity index (χ3v) is 9.02. The fourth-order valence-electron chi connectivity index (χ4n) is 5.47. The van der Waals surface area contributed by atoms with E-state index in [4.69, 9.17) is 23.9 Å². The van der Waals surface area contributed by atoms with Crippen LogP contribution < -0.4 is 18.9 Å². The van der Waals surface area contributed by atoms with Crippen LogP contribution in [0.4, 0.5) is 0 Å². The van der Waals surface area contributed by atoms with Crippen LogP contribution >= 0.6 is 11.3 Å². The van der Waals surface area contributed by atoms with Gasteiger partial charge in [-0.25, -0.2) is 14.6 Å². The molecule has 6 rings (SSSR count). The quantitative estimate of drug-likeness (QED) is 0.394. The predicted molar refractivity (Wildman–Crippen MR) is 140 cm³/mol. The maximum Gasteiger partial charge on any atom is 0.344 e. The van der Waals surface area contributed by atoms with Gasteiger partial charge in [-0.05, 0) is 37.8 Å². The molecule has 1 saturated carbocycles. The lowest BCUT2D eigenvalue weighted by Crippen LogP contribution is -2.46. The fraction of sp³-hybridized carbons (Fsp3) is 0.556. The second-order valence-electron chi connectivity index (χ2n) is 10.5. The summed E-state index contributed by atoms with van der Waals surface area (Å²) in [7, 11) is 1.31. The van der Waals surface area contributed by atoms with E-state index in [0.29, 0.717) is 18.2 Å². The van der Waals surface area contributed by atoms with Crippen molar-refractivity contribution in [1.82, 2.24) is 14.8 Å². The Morgan fingerprint density at radius 1 is 1.02 bits per heavy atom. The summed E-state index contributed by atoms with van der Waals surface area (Å²) in [6, 6.07) is 3.55. The van der Waals surface area contributed by atoms with Gasteiger partial charge in [-0.1, -0.05) is 17.8 Å². The normalized spacial score (nSPS) is 24.1. The highest BCUT2D eigenvalue weighted by molar-refractivity contribution is 7.13. The van der Waals surface area contributed by atoms with Gasteiger partial charge >= 0.3 is 11.9 Å². The standard InChI is InChI=1S/C27H31N3O9S/c1-36-18-6-5-16(22-23(18)39-26(35)21(32)20(31)25(34)38-22)24(33)30-12-9-17-19(13-30)40-27(28-17)37-15-7-10-29(11-8-15)14-3-2-4-14/h5-6,14-15,20-21,31-32H,2-4,7-13H2,1H3. The number of methoxy groups -OCH3 is 1. The van der Waals surface area contributed by atoms with Crippen molar-refractivity contribution in [2.75, 3.05) is 26.7 Å². The van der Waals surface area contributed by atoms with Crippen molar-refractivity contribution in [3.05, 3.63) is 28.3 Å². The largest absolute Gasteiger partial charge is 0.493 e. The van der Waals surface area contributed by atoms with Crippen LogP contribution in [0.2, 0.25) is 0 Å². The van der Waals surface area contributed by atoms with Gasteiger partial charge in [-0.2, -0.15) is 0 Å². The van der Waals surface area contributed by atoms with E-state index in [1.165, 1.54) is 49.8 Å². The first kappa shape index (κ1) is 26.9. The summed E-state index contributed by atoms with van der Waals surface area (Å²) in [6.45, 7) is 2.74. The van der Waals surface area contributed by atoms with Crippen LogP contribution in [0, 0.1) is 0 Å². The van der Waals surface area contributed by atoms with E-state index in [1.54, 1.807) is 4.90 Å². The lowest BCUT2D eigenvalue weighted by Gasteiger charge is -2.41. The molecule has 2 N–H and O–H groups in total. The van der Waals surface area contributed by atoms with Gasteiger partial charge < -0.3 is 39.0 Å². The summed E-state index contributed by atoms with van der Waals surface area (Å²) in [5, 5.41) is 20.5. The molecule has 40 heavy (non-hydrogen) atoms. The zero-order valence-electron chi connectivity index (χ0n) is 22.0. The number of likely N-dealkylation sites (tertiary alicyclic amines) is 1. The Morgan fingerprint density at radius 3 is 2.38 bits per heavy atom. The fourth-order valence-corrected chi connectivity index (χ4v) is 6.51. The van der Waals surface area contributed by atoms with Crippen molar-refractivity contribution in [3.63, 3.8) is 0 Å². The number of thiazole rings is 1. The third kappa shape index (κ3) is 5.02. The van der Waals surface area contributed by atoms with Crippen molar-refractivity contribution < 1.29 is 43.5 Å². The van der Waals surface area contributed by atoms with Gasteiger partial charge in [0.1, 0.15) is 6.10 Å². The predicted octanol–water partition coefficient (Wildman–Crippen LogP) is 1.29. The molecule has 4 aliphatic rings. The maximum atomic E-state index is 13.6. The van der Waals surface area contributed by atoms with Gasteiger partial charge in [-0.15, -0.1) is 0 Å². The minimum atomic E-state index is -2.17. The average molecular weight is 574 g/mol. The van der Waals surface area contributed by atoms with Gasteiger partial charge in [0.25, 0.3) is 11.1 Å². The minimum absolute atomic E-state index is 0.0139. The summed E-state index contributed by atoms with van der Waals surface area (Å²) in [5.74, 6) is -3.71. The Balaban J connectivity index is 1.17. The molecule has 4 heterocycles. The summed E-state index contributed by atoms with van der Waals surface area (Å²) in [6.07, 6.45) is 2.22. The van der Waals surface area contributed by atoms with Crippen molar-refractivity contribution in [2.24, 2.45) is 0 Å². The Hall–Kier alpha value is -3.26. The highest BCUT2D eigenvalue weighted by Gasteiger charge is 2.40. The molecule has 2 unspecified atom stereocenters. The number of hydrogen-bond acceptors (Lipinski definition) is 12. The molecule has 214 valence electrons. The summed E-state index contributed by atoms with van der Waals surface area (Å²) in [5.41, 5.74) is 0.849. The minimum Gasteiger partial charge on any atom is -0.493 e. The van der Waals surface area contributed by atoms with E-state index in [-0.39, 0.29) is 35.5 Å². The Kier molecular flexibility index (Phi) is 7.38. The zero-order chi connectivity index (χ0) is 28.0. The molecule has 1 aromatic heterocycles. The number of benzene rings is 1. The number of aliphatic hydroxyl groups excluding tert-OH is 2. The molecule has 13 heteroatoms. The molecule has 1 aliphatic carbocycles. The number of aliphatic hydroxyl groups is 2. The monoisotopic (exact) mass is 573 g/mol. The molecule has 2 atom stereocenters. The number of esters is 2. The third-order valence-electron chi connectivity index (χ3n) is 8.05. The number of carbonyl (C=O) groups is 3. The molecular weight excluding hydrogens is 542 g/mol. The van der Waals surface area contributed by atoms with Gasteiger partial charge in [0.05, 0.1) is 29.8 Å².